The van der Waals surface area contributed by atoms with Crippen LogP contribution in [0.25, 0.3) is 0 Å². The number of benzene rings is 2. The molecule has 0 aliphatic heterocycles. The van der Waals surface area contributed by atoms with Crippen molar-refractivity contribution in [3.63, 3.8) is 0 Å². The summed E-state index contributed by atoms with van der Waals surface area (Å²) in [4.78, 5) is 24.0. The summed E-state index contributed by atoms with van der Waals surface area (Å²) >= 11 is 0. The lowest BCUT2D eigenvalue weighted by molar-refractivity contribution is -0.120. The van der Waals surface area contributed by atoms with Crippen molar-refractivity contribution in [3.8, 4) is 6.07 Å². The van der Waals surface area contributed by atoms with E-state index >= 15 is 0 Å². The lowest BCUT2D eigenvalue weighted by Gasteiger charge is -2.19. The number of primary amides is 1. The standard InChI is InChI=1S/C18H16N2O2/c19-12-16(18(20)22)15(13-7-3-1-4-8-13)11-17(21)14-9-5-2-6-10-14/h1-10,15-16H,11H2,(H2,20,22)/t15-,16-/m0/s1. The predicted octanol–water partition coefficient (Wildman–Crippen LogP) is 2.67. The minimum Gasteiger partial charge on any atom is -0.369 e. The zero-order valence-corrected chi connectivity index (χ0v) is 12.0. The van der Waals surface area contributed by atoms with Crippen LogP contribution in [0.2, 0.25) is 0 Å². The number of hydrogen-bond donors (Lipinski definition) is 1. The van der Waals surface area contributed by atoms with E-state index in [1.807, 2.05) is 30.3 Å². The Morgan fingerprint density at radius 3 is 2.05 bits per heavy atom. The van der Waals surface area contributed by atoms with Crippen molar-refractivity contribution in [1.29, 1.82) is 5.26 Å². The second-order valence-corrected chi connectivity index (χ2v) is 5.02. The van der Waals surface area contributed by atoms with Crippen LogP contribution in [0.3, 0.4) is 0 Å². The molecular formula is C18H16N2O2. The number of carbonyl (C=O) groups excluding carboxylic acids is 2. The molecule has 2 N–H and O–H groups in total. The second kappa shape index (κ2) is 7.19. The van der Waals surface area contributed by atoms with Gasteiger partial charge in [-0.15, -0.1) is 0 Å². The smallest absolute Gasteiger partial charge is 0.235 e. The fourth-order valence-electron chi connectivity index (χ4n) is 2.42. The van der Waals surface area contributed by atoms with Gasteiger partial charge in [0, 0.05) is 17.9 Å². The Hall–Kier alpha value is -2.93. The van der Waals surface area contributed by atoms with E-state index in [4.69, 9.17) is 5.73 Å². The van der Waals surface area contributed by atoms with E-state index < -0.39 is 17.7 Å². The summed E-state index contributed by atoms with van der Waals surface area (Å²) < 4.78 is 0. The van der Waals surface area contributed by atoms with Crippen LogP contribution in [0.5, 0.6) is 0 Å². The molecule has 0 saturated heterocycles. The van der Waals surface area contributed by atoms with Gasteiger partial charge in [-0.25, -0.2) is 0 Å². The molecule has 110 valence electrons. The van der Waals surface area contributed by atoms with Gasteiger partial charge >= 0.3 is 0 Å². The molecular weight excluding hydrogens is 276 g/mol. The van der Waals surface area contributed by atoms with Gasteiger partial charge in [-0.3, -0.25) is 9.59 Å². The SMILES string of the molecule is N#C[C@H](C(N)=O)[C@@H](CC(=O)c1ccccc1)c1ccccc1. The molecule has 0 heterocycles. The Kier molecular flexibility index (Phi) is 5.05. The molecule has 1 amide bonds. The monoisotopic (exact) mass is 292 g/mol. The summed E-state index contributed by atoms with van der Waals surface area (Å²) in [5.74, 6) is -2.40. The van der Waals surface area contributed by atoms with E-state index in [9.17, 15) is 14.9 Å². The number of hydrogen-bond acceptors (Lipinski definition) is 3. The van der Waals surface area contributed by atoms with Crippen LogP contribution in [0, 0.1) is 17.2 Å². The van der Waals surface area contributed by atoms with Crippen LogP contribution >= 0.6 is 0 Å². The van der Waals surface area contributed by atoms with Gasteiger partial charge in [-0.2, -0.15) is 5.26 Å². The van der Waals surface area contributed by atoms with Crippen LogP contribution < -0.4 is 5.73 Å². The van der Waals surface area contributed by atoms with Crippen molar-refractivity contribution in [2.45, 2.75) is 12.3 Å². The van der Waals surface area contributed by atoms with Gasteiger partial charge in [0.05, 0.1) is 6.07 Å². The third-order valence-corrected chi connectivity index (χ3v) is 3.58. The van der Waals surface area contributed by atoms with Gasteiger partial charge in [-0.05, 0) is 5.56 Å². The Labute approximate surface area is 129 Å². The fourth-order valence-corrected chi connectivity index (χ4v) is 2.42. The molecule has 2 atom stereocenters. The van der Waals surface area contributed by atoms with E-state index in [1.165, 1.54) is 0 Å². The number of carbonyl (C=O) groups is 2. The van der Waals surface area contributed by atoms with Crippen LogP contribution in [0.1, 0.15) is 28.3 Å². The third-order valence-electron chi connectivity index (χ3n) is 3.58. The average molecular weight is 292 g/mol. The molecule has 2 aromatic carbocycles. The summed E-state index contributed by atoms with van der Waals surface area (Å²) in [5, 5.41) is 9.25. The Bertz CT molecular complexity index is 690. The number of ketones is 1. The number of Topliss-reactive ketones (excluding diaryl/α,β-unsaturated/α-hetero) is 1. The maximum Gasteiger partial charge on any atom is 0.235 e. The molecule has 0 aliphatic carbocycles. The van der Waals surface area contributed by atoms with E-state index in [0.717, 1.165) is 5.56 Å². The quantitative estimate of drug-likeness (QED) is 0.831. The molecule has 2 rings (SSSR count). The second-order valence-electron chi connectivity index (χ2n) is 5.02. The van der Waals surface area contributed by atoms with E-state index in [2.05, 4.69) is 0 Å². The molecule has 0 radical (unpaired) electrons. The number of nitriles is 1. The fraction of sp³-hybridized carbons (Fsp3) is 0.167. The first-order valence-electron chi connectivity index (χ1n) is 6.95. The van der Waals surface area contributed by atoms with E-state index in [-0.39, 0.29) is 12.2 Å². The highest BCUT2D eigenvalue weighted by atomic mass is 16.1. The van der Waals surface area contributed by atoms with Gasteiger partial charge in [0.1, 0.15) is 5.92 Å². The zero-order valence-electron chi connectivity index (χ0n) is 12.0. The topological polar surface area (TPSA) is 83.9 Å². The summed E-state index contributed by atoms with van der Waals surface area (Å²) in [7, 11) is 0. The largest absolute Gasteiger partial charge is 0.369 e. The summed E-state index contributed by atoms with van der Waals surface area (Å²) in [6.07, 6.45) is 0.0647. The van der Waals surface area contributed by atoms with Gasteiger partial charge in [0.2, 0.25) is 5.91 Å². The maximum atomic E-state index is 12.4. The van der Waals surface area contributed by atoms with Crippen LogP contribution in [-0.2, 0) is 4.79 Å². The molecule has 0 saturated carbocycles. The van der Waals surface area contributed by atoms with Crippen LogP contribution in [0.15, 0.2) is 60.7 Å². The lowest BCUT2D eigenvalue weighted by atomic mass is 9.81. The van der Waals surface area contributed by atoms with Crippen molar-refractivity contribution in [2.75, 3.05) is 0 Å². The maximum absolute atomic E-state index is 12.4. The highest BCUT2D eigenvalue weighted by Crippen LogP contribution is 2.29. The van der Waals surface area contributed by atoms with Crippen LogP contribution in [0.4, 0.5) is 0 Å². The summed E-state index contributed by atoms with van der Waals surface area (Å²) in [6, 6.07) is 19.8. The number of rotatable bonds is 6. The molecule has 0 aliphatic rings. The zero-order chi connectivity index (χ0) is 15.9. The van der Waals surface area contributed by atoms with Crippen molar-refractivity contribution in [1.82, 2.24) is 0 Å². The van der Waals surface area contributed by atoms with E-state index in [1.54, 1.807) is 36.4 Å². The Morgan fingerprint density at radius 2 is 1.55 bits per heavy atom. The number of nitrogens with two attached hydrogens (primary N) is 1. The first kappa shape index (κ1) is 15.5. The summed E-state index contributed by atoms with van der Waals surface area (Å²) in [6.45, 7) is 0. The normalized spacial score (nSPS) is 12.9. The van der Waals surface area contributed by atoms with Crippen molar-refractivity contribution in [3.05, 3.63) is 71.8 Å². The molecule has 0 spiro atoms. The minimum atomic E-state index is -1.03. The van der Waals surface area contributed by atoms with Gasteiger partial charge < -0.3 is 5.73 Å². The lowest BCUT2D eigenvalue weighted by Crippen LogP contribution is -2.29. The molecule has 4 nitrogen and oxygen atoms in total. The van der Waals surface area contributed by atoms with Gasteiger partial charge in [0.25, 0.3) is 0 Å². The van der Waals surface area contributed by atoms with Crippen molar-refractivity contribution in [2.24, 2.45) is 11.7 Å². The third kappa shape index (κ3) is 3.58. The highest BCUT2D eigenvalue weighted by molar-refractivity contribution is 5.97. The van der Waals surface area contributed by atoms with Gasteiger partial charge in [-0.1, -0.05) is 60.7 Å². The average Bonchev–Trinajstić information content (AvgIpc) is 2.55. The first-order chi connectivity index (χ1) is 10.6. The van der Waals surface area contributed by atoms with Gasteiger partial charge in [0.15, 0.2) is 5.78 Å². The molecule has 0 aromatic heterocycles. The Morgan fingerprint density at radius 1 is 1.00 bits per heavy atom. The molecule has 0 fully saturated rings. The number of amides is 1. The van der Waals surface area contributed by atoms with Crippen molar-refractivity contribution < 1.29 is 9.59 Å². The number of nitrogens with zero attached hydrogens (tertiary/aromatic N) is 1. The molecule has 4 heteroatoms. The highest BCUT2D eigenvalue weighted by Gasteiger charge is 2.30. The van der Waals surface area contributed by atoms with E-state index in [0.29, 0.717) is 5.56 Å². The Balaban J connectivity index is 2.32. The molecule has 22 heavy (non-hydrogen) atoms. The molecule has 0 bridgehead atoms. The predicted molar refractivity (Wildman–Crippen MR) is 82.9 cm³/mol. The van der Waals surface area contributed by atoms with Crippen LogP contribution in [-0.4, -0.2) is 11.7 Å². The minimum absolute atomic E-state index is 0.0647. The first-order valence-corrected chi connectivity index (χ1v) is 6.95. The molecule has 0 unspecified atom stereocenters. The van der Waals surface area contributed by atoms with Crippen molar-refractivity contribution >= 4 is 11.7 Å². The summed E-state index contributed by atoms with van der Waals surface area (Å²) in [5.41, 5.74) is 6.65. The molecule has 2 aromatic rings.